The normalized spacial score (nSPS) is 17.2. The zero-order valence-corrected chi connectivity index (χ0v) is 10.5. The van der Waals surface area contributed by atoms with E-state index in [1.54, 1.807) is 12.3 Å². The molecule has 0 spiro atoms. The lowest BCUT2D eigenvalue weighted by atomic mass is 10.1. The van der Waals surface area contributed by atoms with Crippen molar-refractivity contribution in [3.63, 3.8) is 0 Å². The van der Waals surface area contributed by atoms with Crippen LogP contribution in [0.1, 0.15) is 36.8 Å². The predicted molar refractivity (Wildman–Crippen MR) is 66.7 cm³/mol. The van der Waals surface area contributed by atoms with Crippen LogP contribution in [0.25, 0.3) is 0 Å². The highest BCUT2D eigenvalue weighted by Gasteiger charge is 2.32. The Labute approximate surface area is 110 Å². The molecule has 1 fully saturated rings. The van der Waals surface area contributed by atoms with Crippen molar-refractivity contribution >= 4 is 6.21 Å². The van der Waals surface area contributed by atoms with Gasteiger partial charge in [0.15, 0.2) is 0 Å². The van der Waals surface area contributed by atoms with Crippen molar-refractivity contribution in [2.75, 3.05) is 0 Å². The summed E-state index contributed by atoms with van der Waals surface area (Å²) in [6, 6.07) is 5.40. The van der Waals surface area contributed by atoms with Crippen LogP contribution in [0.3, 0.4) is 0 Å². The summed E-state index contributed by atoms with van der Waals surface area (Å²) in [5.74, 6) is 0.415. The zero-order valence-electron chi connectivity index (χ0n) is 10.5. The fraction of sp³-hybridized carbons (Fsp3) is 0.500. The maximum Gasteiger partial charge on any atom is 0.416 e. The van der Waals surface area contributed by atoms with Crippen molar-refractivity contribution in [1.29, 1.82) is 0 Å². The van der Waals surface area contributed by atoms with E-state index in [1.807, 2.05) is 0 Å². The summed E-state index contributed by atoms with van der Waals surface area (Å²) < 4.78 is 38.1. The average molecular weight is 271 g/mol. The lowest BCUT2D eigenvalue weighted by Crippen LogP contribution is -2.09. The van der Waals surface area contributed by atoms with Crippen molar-refractivity contribution in [3.05, 3.63) is 35.4 Å². The summed E-state index contributed by atoms with van der Waals surface area (Å²) in [7, 11) is 0. The molecule has 0 aromatic heterocycles. The topological polar surface area (TPSA) is 21.6 Å². The first-order chi connectivity index (χ1) is 9.07. The molecule has 19 heavy (non-hydrogen) atoms. The van der Waals surface area contributed by atoms with Gasteiger partial charge in [-0.1, -0.05) is 36.2 Å². The van der Waals surface area contributed by atoms with E-state index in [9.17, 15) is 13.2 Å². The van der Waals surface area contributed by atoms with Gasteiger partial charge < -0.3 is 4.84 Å². The minimum Gasteiger partial charge on any atom is -0.391 e. The second-order valence-corrected chi connectivity index (χ2v) is 4.73. The molecule has 1 aromatic carbocycles. The number of hydrogen-bond donors (Lipinski definition) is 0. The van der Waals surface area contributed by atoms with Crippen LogP contribution in [0.15, 0.2) is 29.4 Å². The molecule has 0 radical (unpaired) electrons. The Bertz CT molecular complexity index is 437. The first kappa shape index (κ1) is 13.9. The monoisotopic (exact) mass is 271 g/mol. The van der Waals surface area contributed by atoms with Crippen molar-refractivity contribution in [3.8, 4) is 0 Å². The Morgan fingerprint density at radius 2 is 1.89 bits per heavy atom. The number of oxime groups is 1. The maximum atomic E-state index is 12.7. The van der Waals surface area contributed by atoms with Crippen LogP contribution in [0.4, 0.5) is 13.2 Å². The minimum absolute atomic E-state index is 0.110. The van der Waals surface area contributed by atoms with Gasteiger partial charge in [-0.15, -0.1) is 0 Å². The Kier molecular flexibility index (Phi) is 4.45. The molecule has 1 aliphatic rings. The van der Waals surface area contributed by atoms with Crippen molar-refractivity contribution in [2.45, 2.75) is 38.5 Å². The third-order valence-electron chi connectivity index (χ3n) is 3.29. The summed E-state index contributed by atoms with van der Waals surface area (Å²) in [4.78, 5) is 4.99. The highest BCUT2D eigenvalue weighted by Crippen LogP contribution is 2.32. The molecule has 0 unspecified atom stereocenters. The summed E-state index contributed by atoms with van der Waals surface area (Å²) in [5.41, 5.74) is -0.551. The van der Waals surface area contributed by atoms with Crippen molar-refractivity contribution in [2.24, 2.45) is 11.1 Å². The first-order valence-electron chi connectivity index (χ1n) is 6.38. The lowest BCUT2D eigenvalue weighted by Gasteiger charge is -2.11. The highest BCUT2D eigenvalue weighted by molar-refractivity contribution is 5.60. The molecule has 0 saturated heterocycles. The summed E-state index contributed by atoms with van der Waals surface area (Å²) in [6.07, 6.45) is 1.91. The van der Waals surface area contributed by atoms with Crippen LogP contribution in [-0.4, -0.2) is 6.21 Å². The molecule has 104 valence electrons. The van der Waals surface area contributed by atoms with Crippen LogP contribution >= 0.6 is 0 Å². The number of nitrogens with zero attached hydrogens (tertiary/aromatic N) is 1. The van der Waals surface area contributed by atoms with Crippen LogP contribution in [0, 0.1) is 5.92 Å². The first-order valence-corrected chi connectivity index (χ1v) is 6.38. The SMILES string of the molecule is FC(F)(F)c1ccccc1CON=CC1CCCC1. The van der Waals surface area contributed by atoms with Gasteiger partial charge in [-0.2, -0.15) is 13.2 Å². The molecule has 0 amide bonds. The van der Waals surface area contributed by atoms with E-state index >= 15 is 0 Å². The number of halogens is 3. The van der Waals surface area contributed by atoms with Gasteiger partial charge in [0.1, 0.15) is 6.61 Å². The van der Waals surface area contributed by atoms with E-state index < -0.39 is 11.7 Å². The van der Waals surface area contributed by atoms with E-state index in [0.29, 0.717) is 5.92 Å². The van der Waals surface area contributed by atoms with E-state index in [1.165, 1.54) is 25.0 Å². The molecule has 0 bridgehead atoms. The second-order valence-electron chi connectivity index (χ2n) is 4.73. The fourth-order valence-corrected chi connectivity index (χ4v) is 2.27. The molecule has 2 rings (SSSR count). The van der Waals surface area contributed by atoms with Gasteiger partial charge in [0.05, 0.1) is 5.56 Å². The summed E-state index contributed by atoms with van der Waals surface area (Å²) in [6.45, 7) is -0.154. The van der Waals surface area contributed by atoms with Gasteiger partial charge in [-0.3, -0.25) is 0 Å². The lowest BCUT2D eigenvalue weighted by molar-refractivity contribution is -0.138. The van der Waals surface area contributed by atoms with Gasteiger partial charge in [-0.05, 0) is 24.8 Å². The minimum atomic E-state index is -4.35. The van der Waals surface area contributed by atoms with Gasteiger partial charge >= 0.3 is 6.18 Å². The number of alkyl halides is 3. The molecule has 1 aliphatic carbocycles. The van der Waals surface area contributed by atoms with Crippen LogP contribution in [0.5, 0.6) is 0 Å². The van der Waals surface area contributed by atoms with E-state index in [4.69, 9.17) is 4.84 Å². The van der Waals surface area contributed by atoms with Crippen LogP contribution < -0.4 is 0 Å². The number of rotatable bonds is 4. The number of benzene rings is 1. The Balaban J connectivity index is 1.92. The van der Waals surface area contributed by atoms with Gasteiger partial charge in [-0.25, -0.2) is 0 Å². The quantitative estimate of drug-likeness (QED) is 0.587. The summed E-state index contributed by atoms with van der Waals surface area (Å²) in [5, 5.41) is 3.78. The molecule has 2 nitrogen and oxygen atoms in total. The Morgan fingerprint density at radius 3 is 2.58 bits per heavy atom. The largest absolute Gasteiger partial charge is 0.416 e. The van der Waals surface area contributed by atoms with E-state index in [-0.39, 0.29) is 12.2 Å². The zero-order chi connectivity index (χ0) is 13.7. The predicted octanol–water partition coefficient (Wildman–Crippen LogP) is 4.40. The van der Waals surface area contributed by atoms with Crippen molar-refractivity contribution in [1.82, 2.24) is 0 Å². The van der Waals surface area contributed by atoms with E-state index in [2.05, 4.69) is 5.16 Å². The molecule has 0 heterocycles. The molecule has 5 heteroatoms. The average Bonchev–Trinajstić information content (AvgIpc) is 2.87. The molecule has 0 atom stereocenters. The molecule has 1 saturated carbocycles. The van der Waals surface area contributed by atoms with Gasteiger partial charge in [0.25, 0.3) is 0 Å². The second kappa shape index (κ2) is 6.08. The Morgan fingerprint density at radius 1 is 1.21 bits per heavy atom. The number of hydrogen-bond acceptors (Lipinski definition) is 2. The summed E-state index contributed by atoms with van der Waals surface area (Å²) >= 11 is 0. The third kappa shape index (κ3) is 3.98. The highest BCUT2D eigenvalue weighted by atomic mass is 19.4. The van der Waals surface area contributed by atoms with Crippen molar-refractivity contribution < 1.29 is 18.0 Å². The molecule has 1 aromatic rings. The van der Waals surface area contributed by atoms with Gasteiger partial charge in [0, 0.05) is 11.8 Å². The van der Waals surface area contributed by atoms with E-state index in [0.717, 1.165) is 18.9 Å². The van der Waals surface area contributed by atoms with Gasteiger partial charge in [0.2, 0.25) is 0 Å². The van der Waals surface area contributed by atoms with Crippen LogP contribution in [0.2, 0.25) is 0 Å². The Hall–Kier alpha value is -1.52. The smallest absolute Gasteiger partial charge is 0.391 e. The van der Waals surface area contributed by atoms with Crippen LogP contribution in [-0.2, 0) is 17.6 Å². The molecular weight excluding hydrogens is 255 g/mol. The fourth-order valence-electron chi connectivity index (χ4n) is 2.27. The standard InChI is InChI=1S/C14H16F3NO/c15-14(16,17)13-8-4-3-7-12(13)10-19-18-9-11-5-1-2-6-11/h3-4,7-9,11H,1-2,5-6,10H2. The maximum absolute atomic E-state index is 12.7. The third-order valence-corrected chi connectivity index (χ3v) is 3.29. The molecule has 0 N–H and O–H groups in total. The molecule has 0 aliphatic heterocycles. The molecular formula is C14H16F3NO.